The molecule has 1 aliphatic rings. The van der Waals surface area contributed by atoms with Gasteiger partial charge in [-0.05, 0) is 31.2 Å². The number of benzene rings is 2. The minimum Gasteiger partial charge on any atom is -0.497 e. The molecular formula is C21H22N2O5. The Morgan fingerprint density at radius 3 is 2.64 bits per heavy atom. The van der Waals surface area contributed by atoms with E-state index in [0.29, 0.717) is 17.1 Å². The van der Waals surface area contributed by atoms with E-state index in [9.17, 15) is 14.4 Å². The van der Waals surface area contributed by atoms with Gasteiger partial charge in [0.2, 0.25) is 5.91 Å². The Labute approximate surface area is 163 Å². The molecule has 0 spiro atoms. The van der Waals surface area contributed by atoms with Crippen molar-refractivity contribution in [3.8, 4) is 5.75 Å². The van der Waals surface area contributed by atoms with Crippen LogP contribution in [0.25, 0.3) is 0 Å². The summed E-state index contributed by atoms with van der Waals surface area (Å²) in [5.74, 6) is -1.13. The molecule has 0 bridgehead atoms. The molecule has 1 N–H and O–H groups in total. The van der Waals surface area contributed by atoms with Crippen molar-refractivity contribution < 1.29 is 23.9 Å². The molecule has 0 unspecified atom stereocenters. The fraction of sp³-hybridized carbons (Fsp3) is 0.286. The Bertz CT molecular complexity index is 879. The average Bonchev–Trinajstić information content (AvgIpc) is 3.10. The molecule has 0 radical (unpaired) electrons. The van der Waals surface area contributed by atoms with Gasteiger partial charge in [-0.1, -0.05) is 23.8 Å². The summed E-state index contributed by atoms with van der Waals surface area (Å²) in [7, 11) is 1.55. The van der Waals surface area contributed by atoms with E-state index in [4.69, 9.17) is 9.47 Å². The lowest BCUT2D eigenvalue weighted by Gasteiger charge is -2.17. The summed E-state index contributed by atoms with van der Waals surface area (Å²) in [5, 5.41) is 2.66. The molecule has 146 valence electrons. The number of nitrogens with zero attached hydrogens (tertiary/aromatic N) is 1. The summed E-state index contributed by atoms with van der Waals surface area (Å²) in [5.41, 5.74) is 2.37. The molecule has 1 heterocycles. The quantitative estimate of drug-likeness (QED) is 0.776. The number of aryl methyl sites for hydroxylation is 1. The van der Waals surface area contributed by atoms with Crippen molar-refractivity contribution in [1.82, 2.24) is 0 Å². The number of ether oxygens (including phenoxy) is 2. The van der Waals surface area contributed by atoms with Crippen molar-refractivity contribution in [3.05, 3.63) is 54.1 Å². The van der Waals surface area contributed by atoms with E-state index in [-0.39, 0.29) is 18.9 Å². The third kappa shape index (κ3) is 4.68. The zero-order valence-corrected chi connectivity index (χ0v) is 15.8. The molecule has 2 aromatic rings. The Morgan fingerprint density at radius 1 is 1.18 bits per heavy atom. The molecule has 3 rings (SSSR count). The van der Waals surface area contributed by atoms with Gasteiger partial charge in [0, 0.05) is 30.4 Å². The van der Waals surface area contributed by atoms with Gasteiger partial charge < -0.3 is 19.7 Å². The summed E-state index contributed by atoms with van der Waals surface area (Å²) < 4.78 is 10.3. The number of amides is 2. The lowest BCUT2D eigenvalue weighted by molar-refractivity contribution is -0.151. The molecule has 1 atom stereocenters. The first-order valence-electron chi connectivity index (χ1n) is 8.94. The number of anilines is 2. The van der Waals surface area contributed by atoms with Crippen molar-refractivity contribution in [1.29, 1.82) is 0 Å². The van der Waals surface area contributed by atoms with Crippen molar-refractivity contribution in [2.45, 2.75) is 13.3 Å². The van der Waals surface area contributed by atoms with Crippen LogP contribution in [0.3, 0.4) is 0 Å². The van der Waals surface area contributed by atoms with Crippen LogP contribution in [0.1, 0.15) is 12.0 Å². The van der Waals surface area contributed by atoms with Gasteiger partial charge in [0.25, 0.3) is 5.91 Å². The highest BCUT2D eigenvalue weighted by Gasteiger charge is 2.36. The van der Waals surface area contributed by atoms with Gasteiger partial charge in [-0.3, -0.25) is 14.4 Å². The van der Waals surface area contributed by atoms with Crippen LogP contribution in [0, 0.1) is 12.8 Å². The van der Waals surface area contributed by atoms with Crippen molar-refractivity contribution in [2.75, 3.05) is 30.5 Å². The maximum atomic E-state index is 12.3. The molecule has 2 amide bonds. The van der Waals surface area contributed by atoms with E-state index in [1.807, 2.05) is 19.1 Å². The molecule has 7 heteroatoms. The predicted molar refractivity (Wildman–Crippen MR) is 104 cm³/mol. The normalized spacial score (nSPS) is 16.0. The van der Waals surface area contributed by atoms with Crippen LogP contribution in [0.4, 0.5) is 11.4 Å². The van der Waals surface area contributed by atoms with Crippen LogP contribution in [0.5, 0.6) is 5.75 Å². The van der Waals surface area contributed by atoms with E-state index < -0.39 is 24.4 Å². The van der Waals surface area contributed by atoms with Crippen molar-refractivity contribution >= 4 is 29.2 Å². The first kappa shape index (κ1) is 19.4. The predicted octanol–water partition coefficient (Wildman–Crippen LogP) is 2.54. The number of hydrogen-bond donors (Lipinski definition) is 1. The number of carbonyl (C=O) groups is 3. The zero-order chi connectivity index (χ0) is 20.1. The molecule has 2 aromatic carbocycles. The minimum atomic E-state index is -0.606. The maximum absolute atomic E-state index is 12.3. The summed E-state index contributed by atoms with van der Waals surface area (Å²) in [6.45, 7) is 1.77. The van der Waals surface area contributed by atoms with Crippen LogP contribution in [-0.2, 0) is 19.1 Å². The SMILES string of the molecule is COc1cccc(N2C[C@H](C(=O)OCC(=O)Nc3ccc(C)cc3)CC2=O)c1. The lowest BCUT2D eigenvalue weighted by atomic mass is 10.1. The van der Waals surface area contributed by atoms with Crippen LogP contribution >= 0.6 is 0 Å². The number of nitrogens with one attached hydrogen (secondary N) is 1. The second kappa shape index (κ2) is 8.56. The molecule has 7 nitrogen and oxygen atoms in total. The van der Waals surface area contributed by atoms with E-state index in [1.54, 1.807) is 43.5 Å². The molecule has 1 saturated heterocycles. The first-order valence-corrected chi connectivity index (χ1v) is 8.94. The summed E-state index contributed by atoms with van der Waals surface area (Å²) in [6.07, 6.45) is 0.0512. The number of methoxy groups -OCH3 is 1. The molecule has 0 saturated carbocycles. The second-order valence-electron chi connectivity index (χ2n) is 6.63. The number of hydrogen-bond acceptors (Lipinski definition) is 5. The molecule has 28 heavy (non-hydrogen) atoms. The van der Waals surface area contributed by atoms with Crippen LogP contribution < -0.4 is 15.0 Å². The molecule has 1 aliphatic heterocycles. The number of rotatable bonds is 6. The molecule has 1 fully saturated rings. The Balaban J connectivity index is 1.52. The standard InChI is InChI=1S/C21H22N2O5/c1-14-6-8-16(9-7-14)22-19(24)13-28-21(26)15-10-20(25)23(12-15)17-4-3-5-18(11-17)27-2/h3-9,11,15H,10,12-13H2,1-2H3,(H,22,24)/t15-/m1/s1. The third-order valence-electron chi connectivity index (χ3n) is 4.50. The highest BCUT2D eigenvalue weighted by Crippen LogP contribution is 2.28. The fourth-order valence-corrected chi connectivity index (χ4v) is 2.98. The second-order valence-corrected chi connectivity index (χ2v) is 6.63. The summed E-state index contributed by atoms with van der Waals surface area (Å²) in [4.78, 5) is 38.1. The Kier molecular flexibility index (Phi) is 5.93. The zero-order valence-electron chi connectivity index (χ0n) is 15.8. The lowest BCUT2D eigenvalue weighted by Crippen LogP contribution is -2.28. The monoisotopic (exact) mass is 382 g/mol. The maximum Gasteiger partial charge on any atom is 0.311 e. The summed E-state index contributed by atoms with van der Waals surface area (Å²) >= 11 is 0. The molecule has 0 aromatic heterocycles. The van der Waals surface area contributed by atoms with Gasteiger partial charge in [0.15, 0.2) is 6.61 Å². The van der Waals surface area contributed by atoms with Gasteiger partial charge in [-0.2, -0.15) is 0 Å². The van der Waals surface area contributed by atoms with Gasteiger partial charge in [-0.25, -0.2) is 0 Å². The van der Waals surface area contributed by atoms with E-state index in [1.165, 1.54) is 4.90 Å². The van der Waals surface area contributed by atoms with Crippen molar-refractivity contribution in [3.63, 3.8) is 0 Å². The topological polar surface area (TPSA) is 84.9 Å². The fourth-order valence-electron chi connectivity index (χ4n) is 2.98. The first-order chi connectivity index (χ1) is 13.5. The third-order valence-corrected chi connectivity index (χ3v) is 4.50. The molecular weight excluding hydrogens is 360 g/mol. The Hall–Kier alpha value is -3.35. The van der Waals surface area contributed by atoms with Gasteiger partial charge >= 0.3 is 5.97 Å². The average molecular weight is 382 g/mol. The van der Waals surface area contributed by atoms with Crippen LogP contribution in [0.2, 0.25) is 0 Å². The van der Waals surface area contributed by atoms with E-state index >= 15 is 0 Å². The van der Waals surface area contributed by atoms with E-state index in [0.717, 1.165) is 5.56 Å². The summed E-state index contributed by atoms with van der Waals surface area (Å²) in [6, 6.07) is 14.4. The van der Waals surface area contributed by atoms with Gasteiger partial charge in [-0.15, -0.1) is 0 Å². The highest BCUT2D eigenvalue weighted by atomic mass is 16.5. The smallest absolute Gasteiger partial charge is 0.311 e. The van der Waals surface area contributed by atoms with Crippen molar-refractivity contribution in [2.24, 2.45) is 5.92 Å². The molecule has 0 aliphatic carbocycles. The number of carbonyl (C=O) groups excluding carboxylic acids is 3. The highest BCUT2D eigenvalue weighted by molar-refractivity contribution is 6.00. The minimum absolute atomic E-state index is 0.0512. The van der Waals surface area contributed by atoms with Gasteiger partial charge in [0.1, 0.15) is 5.75 Å². The van der Waals surface area contributed by atoms with E-state index in [2.05, 4.69) is 5.32 Å². The Morgan fingerprint density at radius 2 is 1.93 bits per heavy atom. The van der Waals surface area contributed by atoms with Crippen LogP contribution in [0.15, 0.2) is 48.5 Å². The van der Waals surface area contributed by atoms with Crippen LogP contribution in [-0.4, -0.2) is 38.0 Å². The number of esters is 1. The van der Waals surface area contributed by atoms with Gasteiger partial charge in [0.05, 0.1) is 13.0 Å². The largest absolute Gasteiger partial charge is 0.497 e.